The molecule has 0 aliphatic heterocycles. The second-order valence-electron chi connectivity index (χ2n) is 9.01. The maximum Gasteiger partial charge on any atom is 0.243 e. The van der Waals surface area contributed by atoms with Gasteiger partial charge in [0, 0.05) is 41.0 Å². The number of carbonyl (C=O) groups excluding carboxylic acids is 2. The normalized spacial score (nSPS) is 12.4. The van der Waals surface area contributed by atoms with Gasteiger partial charge < -0.3 is 15.0 Å². The van der Waals surface area contributed by atoms with Crippen molar-refractivity contribution >= 4 is 35.0 Å². The van der Waals surface area contributed by atoms with Gasteiger partial charge in [-0.25, -0.2) is 0 Å². The molecule has 3 aromatic carbocycles. The number of hydrogen-bond acceptors (Lipinski definition) is 3. The van der Waals surface area contributed by atoms with Gasteiger partial charge >= 0.3 is 0 Å². The lowest BCUT2D eigenvalue weighted by Gasteiger charge is -2.33. The van der Waals surface area contributed by atoms with E-state index in [1.165, 1.54) is 0 Å². The van der Waals surface area contributed by atoms with Crippen LogP contribution < -0.4 is 10.1 Å². The summed E-state index contributed by atoms with van der Waals surface area (Å²) in [6.45, 7) is 4.48. The van der Waals surface area contributed by atoms with Crippen LogP contribution in [0, 0.1) is 0 Å². The molecule has 3 aromatic rings. The first-order chi connectivity index (χ1) is 17.9. The highest BCUT2D eigenvalue weighted by atomic mass is 35.5. The summed E-state index contributed by atoms with van der Waals surface area (Å²) in [7, 11) is 0. The number of hydrogen-bond donors (Lipinski definition) is 1. The molecule has 2 atom stereocenters. The van der Waals surface area contributed by atoms with E-state index in [0.29, 0.717) is 35.1 Å². The Hall–Kier alpha value is -3.02. The van der Waals surface area contributed by atoms with Crippen molar-refractivity contribution in [2.75, 3.05) is 6.61 Å². The average molecular weight is 542 g/mol. The number of nitrogens with zero attached hydrogens (tertiary/aromatic N) is 1. The van der Waals surface area contributed by atoms with Gasteiger partial charge in [-0.1, -0.05) is 84.7 Å². The Balaban J connectivity index is 1.85. The Kier molecular flexibility index (Phi) is 11.3. The standard InChI is InChI=1S/C30H34Cl2N2O3/c1-3-22(2)33-30(36)28(20-23-12-6-4-7-13-23)34(21-25-26(31)16-10-17-27(25)32)29(35)18-11-19-37-24-14-8-5-9-15-24/h4-10,12-17,22,28H,3,11,18-21H2,1-2H3,(H,33,36)/t22-,28+/m0/s1. The molecule has 0 radical (unpaired) electrons. The quantitative estimate of drug-likeness (QED) is 0.245. The van der Waals surface area contributed by atoms with Crippen LogP contribution in [0.15, 0.2) is 78.9 Å². The van der Waals surface area contributed by atoms with Crippen LogP contribution in [0.2, 0.25) is 10.0 Å². The molecule has 37 heavy (non-hydrogen) atoms. The molecule has 196 valence electrons. The third kappa shape index (κ3) is 8.80. The number of carbonyl (C=O) groups is 2. The number of rotatable bonds is 13. The van der Waals surface area contributed by atoms with Gasteiger partial charge in [0.25, 0.3) is 0 Å². The fraction of sp³-hybridized carbons (Fsp3) is 0.333. The summed E-state index contributed by atoms with van der Waals surface area (Å²) < 4.78 is 5.77. The Morgan fingerprint density at radius 1 is 0.919 bits per heavy atom. The van der Waals surface area contributed by atoms with E-state index >= 15 is 0 Å². The van der Waals surface area contributed by atoms with Gasteiger partial charge in [0.1, 0.15) is 11.8 Å². The summed E-state index contributed by atoms with van der Waals surface area (Å²) in [6, 6.07) is 23.7. The second kappa shape index (κ2) is 14.7. The first kappa shape index (κ1) is 28.5. The van der Waals surface area contributed by atoms with Crippen molar-refractivity contribution < 1.29 is 14.3 Å². The summed E-state index contributed by atoms with van der Waals surface area (Å²) in [5.74, 6) is 0.396. The molecule has 0 aliphatic rings. The predicted molar refractivity (Wildman–Crippen MR) is 150 cm³/mol. The topological polar surface area (TPSA) is 58.6 Å². The first-order valence-corrected chi connectivity index (χ1v) is 13.4. The molecular formula is C30H34Cl2N2O3. The number of amides is 2. The van der Waals surface area contributed by atoms with Crippen LogP contribution in [0.1, 0.15) is 44.2 Å². The van der Waals surface area contributed by atoms with Gasteiger partial charge in [-0.2, -0.15) is 0 Å². The predicted octanol–water partition coefficient (Wildman–Crippen LogP) is 6.71. The van der Waals surface area contributed by atoms with E-state index in [0.717, 1.165) is 17.7 Å². The van der Waals surface area contributed by atoms with E-state index in [9.17, 15) is 9.59 Å². The van der Waals surface area contributed by atoms with Crippen LogP contribution in [0.4, 0.5) is 0 Å². The van der Waals surface area contributed by atoms with E-state index in [1.54, 1.807) is 23.1 Å². The van der Waals surface area contributed by atoms with Crippen LogP contribution in [0.3, 0.4) is 0 Å². The third-order valence-corrected chi connectivity index (χ3v) is 6.92. The molecule has 1 N–H and O–H groups in total. The lowest BCUT2D eigenvalue weighted by atomic mass is 10.0. The monoisotopic (exact) mass is 540 g/mol. The van der Waals surface area contributed by atoms with Gasteiger partial charge in [0.2, 0.25) is 11.8 Å². The molecule has 0 heterocycles. The summed E-state index contributed by atoms with van der Waals surface area (Å²) in [6.07, 6.45) is 1.88. The van der Waals surface area contributed by atoms with E-state index < -0.39 is 6.04 Å². The Morgan fingerprint density at radius 3 is 2.16 bits per heavy atom. The minimum absolute atomic E-state index is 0.0223. The number of para-hydroxylation sites is 1. The SMILES string of the molecule is CC[C@H](C)NC(=O)[C@@H](Cc1ccccc1)N(Cc1c(Cl)cccc1Cl)C(=O)CCCOc1ccccc1. The maximum atomic E-state index is 13.7. The minimum Gasteiger partial charge on any atom is -0.494 e. The summed E-state index contributed by atoms with van der Waals surface area (Å²) >= 11 is 13.0. The lowest BCUT2D eigenvalue weighted by Crippen LogP contribution is -2.52. The minimum atomic E-state index is -0.730. The van der Waals surface area contributed by atoms with Crippen molar-refractivity contribution in [3.8, 4) is 5.75 Å². The number of ether oxygens (including phenoxy) is 1. The van der Waals surface area contributed by atoms with Gasteiger partial charge in [-0.05, 0) is 49.6 Å². The number of halogens is 2. The smallest absolute Gasteiger partial charge is 0.243 e. The second-order valence-corrected chi connectivity index (χ2v) is 9.82. The van der Waals surface area contributed by atoms with E-state index in [4.69, 9.17) is 27.9 Å². The van der Waals surface area contributed by atoms with Crippen LogP contribution in [-0.2, 0) is 22.6 Å². The van der Waals surface area contributed by atoms with Crippen molar-refractivity contribution in [3.63, 3.8) is 0 Å². The fourth-order valence-corrected chi connectivity index (χ4v) is 4.44. The number of nitrogens with one attached hydrogen (secondary N) is 1. The zero-order chi connectivity index (χ0) is 26.6. The van der Waals surface area contributed by atoms with Crippen molar-refractivity contribution in [3.05, 3.63) is 100 Å². The molecule has 0 unspecified atom stereocenters. The highest BCUT2D eigenvalue weighted by Crippen LogP contribution is 2.27. The van der Waals surface area contributed by atoms with Crippen molar-refractivity contribution in [1.29, 1.82) is 0 Å². The van der Waals surface area contributed by atoms with Crippen LogP contribution in [-0.4, -0.2) is 35.4 Å². The fourth-order valence-electron chi connectivity index (χ4n) is 3.92. The Labute approximate surface area is 229 Å². The Morgan fingerprint density at radius 2 is 1.54 bits per heavy atom. The van der Waals surface area contributed by atoms with Gasteiger partial charge in [0.05, 0.1) is 6.61 Å². The first-order valence-electron chi connectivity index (χ1n) is 12.6. The maximum absolute atomic E-state index is 13.7. The zero-order valence-corrected chi connectivity index (χ0v) is 22.8. The molecule has 7 heteroatoms. The van der Waals surface area contributed by atoms with Crippen molar-refractivity contribution in [2.45, 2.75) is 58.2 Å². The molecule has 2 amide bonds. The lowest BCUT2D eigenvalue weighted by molar-refractivity contribution is -0.141. The highest BCUT2D eigenvalue weighted by Gasteiger charge is 2.31. The molecule has 0 spiro atoms. The summed E-state index contributed by atoms with van der Waals surface area (Å²) in [5, 5.41) is 3.98. The van der Waals surface area contributed by atoms with Crippen LogP contribution in [0.25, 0.3) is 0 Å². The van der Waals surface area contributed by atoms with Crippen LogP contribution >= 0.6 is 23.2 Å². The van der Waals surface area contributed by atoms with E-state index in [-0.39, 0.29) is 30.8 Å². The average Bonchev–Trinajstić information content (AvgIpc) is 2.91. The summed E-state index contributed by atoms with van der Waals surface area (Å²) in [4.78, 5) is 28.8. The largest absolute Gasteiger partial charge is 0.494 e. The van der Waals surface area contributed by atoms with Gasteiger partial charge in [0.15, 0.2) is 0 Å². The molecule has 0 aliphatic carbocycles. The molecule has 5 nitrogen and oxygen atoms in total. The molecule has 0 saturated carbocycles. The zero-order valence-electron chi connectivity index (χ0n) is 21.3. The van der Waals surface area contributed by atoms with E-state index in [2.05, 4.69) is 5.32 Å². The van der Waals surface area contributed by atoms with Gasteiger partial charge in [-0.15, -0.1) is 0 Å². The van der Waals surface area contributed by atoms with Crippen LogP contribution in [0.5, 0.6) is 5.75 Å². The molecule has 0 fully saturated rings. The molecular weight excluding hydrogens is 507 g/mol. The molecule has 3 rings (SSSR count). The van der Waals surface area contributed by atoms with E-state index in [1.807, 2.05) is 74.5 Å². The highest BCUT2D eigenvalue weighted by molar-refractivity contribution is 6.36. The molecule has 0 bridgehead atoms. The molecule has 0 saturated heterocycles. The van der Waals surface area contributed by atoms with Crippen molar-refractivity contribution in [1.82, 2.24) is 10.2 Å². The summed E-state index contributed by atoms with van der Waals surface area (Å²) in [5.41, 5.74) is 1.58. The third-order valence-electron chi connectivity index (χ3n) is 6.21. The Bertz CT molecular complexity index is 1120. The van der Waals surface area contributed by atoms with Gasteiger partial charge in [-0.3, -0.25) is 9.59 Å². The van der Waals surface area contributed by atoms with Crippen molar-refractivity contribution in [2.24, 2.45) is 0 Å². The number of benzene rings is 3. The molecule has 0 aromatic heterocycles.